The van der Waals surface area contributed by atoms with Crippen LogP contribution in [-0.4, -0.2) is 5.91 Å². The zero-order valence-corrected chi connectivity index (χ0v) is 13.4. The summed E-state index contributed by atoms with van der Waals surface area (Å²) >= 11 is 6.97. The highest BCUT2D eigenvalue weighted by molar-refractivity contribution is 9.11. The van der Waals surface area contributed by atoms with Gasteiger partial charge in [0.1, 0.15) is 0 Å². The van der Waals surface area contributed by atoms with Crippen molar-refractivity contribution in [1.82, 2.24) is 0 Å². The first-order valence-electron chi connectivity index (χ1n) is 6.34. The van der Waals surface area contributed by atoms with Gasteiger partial charge in [-0.05, 0) is 53.2 Å². The molecule has 98 valence electrons. The molecule has 1 unspecified atom stereocenters. The minimum absolute atomic E-state index is 0.00669. The molecule has 1 aliphatic carbocycles. The van der Waals surface area contributed by atoms with E-state index in [4.69, 9.17) is 0 Å². The quantitative estimate of drug-likeness (QED) is 0.543. The molecule has 1 amide bonds. The third-order valence-electron chi connectivity index (χ3n) is 3.50. The highest BCUT2D eigenvalue weighted by atomic mass is 79.9. The molecule has 1 atom stereocenters. The first kappa shape index (κ1) is 13.1. The molecule has 0 bridgehead atoms. The predicted octanol–water partition coefficient (Wildman–Crippen LogP) is 4.90. The van der Waals surface area contributed by atoms with Gasteiger partial charge in [-0.3, -0.25) is 4.79 Å². The molecule has 1 aromatic carbocycles. The van der Waals surface area contributed by atoms with Crippen molar-refractivity contribution >= 4 is 49.0 Å². The summed E-state index contributed by atoms with van der Waals surface area (Å²) in [6, 6.07) is 3.94. The zero-order valence-electron chi connectivity index (χ0n) is 10.2. The number of rotatable bonds is 1. The lowest BCUT2D eigenvalue weighted by atomic mass is 9.92. The van der Waals surface area contributed by atoms with Crippen molar-refractivity contribution in [2.45, 2.75) is 19.3 Å². The number of anilines is 1. The molecule has 0 saturated heterocycles. The largest absolute Gasteiger partial charge is 0.320 e. The summed E-state index contributed by atoms with van der Waals surface area (Å²) < 4.78 is 1.88. The SMILES string of the molecule is O=C1Nc2c(Br)cc(Br)cc2C1=CC1C=CCCC1. The zero-order chi connectivity index (χ0) is 13.4. The van der Waals surface area contributed by atoms with Gasteiger partial charge in [0.25, 0.3) is 5.91 Å². The highest BCUT2D eigenvalue weighted by Gasteiger charge is 2.27. The number of carbonyl (C=O) groups excluding carboxylic acids is 1. The molecule has 1 aromatic rings. The number of allylic oxidation sites excluding steroid dienone is 3. The summed E-state index contributed by atoms with van der Waals surface area (Å²) in [6.07, 6.45) is 9.97. The lowest BCUT2D eigenvalue weighted by Gasteiger charge is -2.12. The average Bonchev–Trinajstić information content (AvgIpc) is 2.69. The summed E-state index contributed by atoms with van der Waals surface area (Å²) in [4.78, 5) is 12.1. The molecule has 0 radical (unpaired) electrons. The van der Waals surface area contributed by atoms with Gasteiger partial charge in [0, 0.05) is 20.1 Å². The fourth-order valence-electron chi connectivity index (χ4n) is 2.57. The van der Waals surface area contributed by atoms with Gasteiger partial charge in [-0.2, -0.15) is 0 Å². The maximum Gasteiger partial charge on any atom is 0.256 e. The van der Waals surface area contributed by atoms with Crippen LogP contribution < -0.4 is 5.32 Å². The minimum Gasteiger partial charge on any atom is -0.320 e. The van der Waals surface area contributed by atoms with Gasteiger partial charge in [-0.15, -0.1) is 0 Å². The van der Waals surface area contributed by atoms with Gasteiger partial charge in [-0.25, -0.2) is 0 Å². The van der Waals surface area contributed by atoms with Crippen LogP contribution in [0.15, 0.2) is 39.3 Å². The summed E-state index contributed by atoms with van der Waals surface area (Å²) in [6.45, 7) is 0. The second-order valence-corrected chi connectivity index (χ2v) is 6.64. The molecule has 0 fully saturated rings. The fourth-order valence-corrected chi connectivity index (χ4v) is 3.90. The molecule has 1 aliphatic heterocycles. The smallest absolute Gasteiger partial charge is 0.256 e. The summed E-state index contributed by atoms with van der Waals surface area (Å²) in [5.74, 6) is 0.367. The van der Waals surface area contributed by atoms with E-state index < -0.39 is 0 Å². The molecule has 1 heterocycles. The number of nitrogens with one attached hydrogen (secondary N) is 1. The third kappa shape index (κ3) is 2.56. The van der Waals surface area contributed by atoms with Crippen LogP contribution >= 0.6 is 31.9 Å². The maximum absolute atomic E-state index is 12.1. The number of carbonyl (C=O) groups is 1. The normalized spacial score (nSPS) is 23.6. The van der Waals surface area contributed by atoms with Gasteiger partial charge in [-0.1, -0.05) is 34.2 Å². The highest BCUT2D eigenvalue weighted by Crippen LogP contribution is 2.40. The molecule has 4 heteroatoms. The van der Waals surface area contributed by atoms with Crippen LogP contribution in [0.5, 0.6) is 0 Å². The van der Waals surface area contributed by atoms with Crippen LogP contribution in [0.2, 0.25) is 0 Å². The fraction of sp³-hybridized carbons (Fsp3) is 0.267. The Bertz CT molecular complexity index is 604. The molecule has 2 aliphatic rings. The van der Waals surface area contributed by atoms with E-state index >= 15 is 0 Å². The van der Waals surface area contributed by atoms with E-state index in [0.29, 0.717) is 5.92 Å². The van der Waals surface area contributed by atoms with Crippen molar-refractivity contribution in [3.05, 3.63) is 44.9 Å². The van der Waals surface area contributed by atoms with Crippen molar-refractivity contribution < 1.29 is 4.79 Å². The van der Waals surface area contributed by atoms with E-state index in [9.17, 15) is 4.79 Å². The van der Waals surface area contributed by atoms with Crippen molar-refractivity contribution in [3.63, 3.8) is 0 Å². The molecule has 19 heavy (non-hydrogen) atoms. The topological polar surface area (TPSA) is 29.1 Å². The third-order valence-corrected chi connectivity index (χ3v) is 4.58. The molecule has 0 saturated carbocycles. The number of benzene rings is 1. The van der Waals surface area contributed by atoms with E-state index in [1.54, 1.807) is 0 Å². The number of hydrogen-bond donors (Lipinski definition) is 1. The molecule has 2 nitrogen and oxygen atoms in total. The van der Waals surface area contributed by atoms with E-state index in [1.165, 1.54) is 6.42 Å². The Morgan fingerprint density at radius 1 is 1.32 bits per heavy atom. The van der Waals surface area contributed by atoms with E-state index in [0.717, 1.165) is 38.6 Å². The Labute approximate surface area is 129 Å². The summed E-state index contributed by atoms with van der Waals surface area (Å²) in [7, 11) is 0. The maximum atomic E-state index is 12.1. The molecule has 3 rings (SSSR count). The van der Waals surface area contributed by atoms with Crippen molar-refractivity contribution in [2.24, 2.45) is 5.92 Å². The standard InChI is InChI=1S/C15H13Br2NO/c16-10-7-11-12(6-9-4-2-1-3-5-9)15(19)18-14(11)13(17)8-10/h2,4,6-9H,1,3,5H2,(H,18,19). The summed E-state index contributed by atoms with van der Waals surface area (Å²) in [5, 5.41) is 2.93. The van der Waals surface area contributed by atoms with Crippen molar-refractivity contribution in [2.75, 3.05) is 5.32 Å². The number of halogens is 2. The Morgan fingerprint density at radius 2 is 2.16 bits per heavy atom. The second-order valence-electron chi connectivity index (χ2n) is 4.87. The van der Waals surface area contributed by atoms with Gasteiger partial charge >= 0.3 is 0 Å². The van der Waals surface area contributed by atoms with Crippen LogP contribution in [-0.2, 0) is 4.79 Å². The molecule has 0 spiro atoms. The Kier molecular flexibility index (Phi) is 3.63. The van der Waals surface area contributed by atoms with Gasteiger partial charge in [0.05, 0.1) is 5.69 Å². The van der Waals surface area contributed by atoms with E-state index in [2.05, 4.69) is 55.4 Å². The molecular weight excluding hydrogens is 370 g/mol. The van der Waals surface area contributed by atoms with Crippen LogP contribution in [0.4, 0.5) is 5.69 Å². The monoisotopic (exact) mass is 381 g/mol. The van der Waals surface area contributed by atoms with Crippen LogP contribution in [0.25, 0.3) is 5.57 Å². The molecule has 1 N–H and O–H groups in total. The first-order chi connectivity index (χ1) is 9.15. The number of amides is 1. The van der Waals surface area contributed by atoms with Crippen molar-refractivity contribution in [3.8, 4) is 0 Å². The van der Waals surface area contributed by atoms with Gasteiger partial charge in [0.2, 0.25) is 0 Å². The Hall–Kier alpha value is -0.870. The van der Waals surface area contributed by atoms with Crippen LogP contribution in [0.3, 0.4) is 0 Å². The lowest BCUT2D eigenvalue weighted by Crippen LogP contribution is -2.06. The second kappa shape index (κ2) is 5.25. The minimum atomic E-state index is -0.00669. The van der Waals surface area contributed by atoms with Crippen molar-refractivity contribution in [1.29, 1.82) is 0 Å². The number of fused-ring (bicyclic) bond motifs is 1. The van der Waals surface area contributed by atoms with Crippen LogP contribution in [0.1, 0.15) is 24.8 Å². The Morgan fingerprint density at radius 3 is 2.89 bits per heavy atom. The van der Waals surface area contributed by atoms with E-state index in [-0.39, 0.29) is 5.91 Å². The molecule has 0 aromatic heterocycles. The lowest BCUT2D eigenvalue weighted by molar-refractivity contribution is -0.110. The van der Waals surface area contributed by atoms with E-state index in [1.807, 2.05) is 12.1 Å². The predicted molar refractivity (Wildman–Crippen MR) is 84.9 cm³/mol. The summed E-state index contributed by atoms with van der Waals surface area (Å²) in [5.41, 5.74) is 2.64. The van der Waals surface area contributed by atoms with Gasteiger partial charge < -0.3 is 5.32 Å². The van der Waals surface area contributed by atoms with Crippen LogP contribution in [0, 0.1) is 5.92 Å². The average molecular weight is 383 g/mol. The first-order valence-corrected chi connectivity index (χ1v) is 7.93. The molecular formula is C15H13Br2NO. The Balaban J connectivity index is 2.04. The number of hydrogen-bond acceptors (Lipinski definition) is 1. The van der Waals surface area contributed by atoms with Gasteiger partial charge in [0.15, 0.2) is 0 Å².